The van der Waals surface area contributed by atoms with Crippen LogP contribution in [-0.4, -0.2) is 34.6 Å². The van der Waals surface area contributed by atoms with Gasteiger partial charge in [-0.05, 0) is 59.8 Å². The Hall–Kier alpha value is -0.940. The second-order valence-electron chi connectivity index (χ2n) is 5.32. The van der Waals surface area contributed by atoms with Crippen LogP contribution in [0, 0.1) is 5.82 Å². The van der Waals surface area contributed by atoms with Crippen LogP contribution in [0.2, 0.25) is 0 Å². The maximum Gasteiger partial charge on any atom is 0.227 e. The second-order valence-corrected chi connectivity index (χ2v) is 6.17. The number of carbonyl (C=O) groups excluding carboxylic acids is 1. The van der Waals surface area contributed by atoms with Crippen LogP contribution in [0.3, 0.4) is 0 Å². The number of piperidine rings is 1. The van der Waals surface area contributed by atoms with Gasteiger partial charge < -0.3 is 10.0 Å². The Kier molecular flexibility index (Phi) is 5.16. The number of hydrogen-bond acceptors (Lipinski definition) is 2. The SMILES string of the molecule is CC(O)C1CCCCN1C(=O)Cc1ccc(F)c(Br)c1. The number of carbonyl (C=O) groups is 1. The Morgan fingerprint density at radius 3 is 2.95 bits per heavy atom. The fourth-order valence-corrected chi connectivity index (χ4v) is 3.12. The number of amides is 1. The van der Waals surface area contributed by atoms with Crippen molar-refractivity contribution in [3.63, 3.8) is 0 Å². The van der Waals surface area contributed by atoms with Crippen molar-refractivity contribution in [1.29, 1.82) is 0 Å². The molecule has 0 saturated carbocycles. The average molecular weight is 344 g/mol. The molecule has 3 nitrogen and oxygen atoms in total. The summed E-state index contributed by atoms with van der Waals surface area (Å²) in [6, 6.07) is 4.52. The van der Waals surface area contributed by atoms with Gasteiger partial charge >= 0.3 is 0 Å². The quantitative estimate of drug-likeness (QED) is 0.916. The number of likely N-dealkylation sites (tertiary alicyclic amines) is 1. The second kappa shape index (κ2) is 6.68. The molecule has 1 aromatic rings. The number of nitrogens with zero attached hydrogens (tertiary/aromatic N) is 1. The zero-order chi connectivity index (χ0) is 14.7. The van der Waals surface area contributed by atoms with Gasteiger partial charge in [-0.1, -0.05) is 6.07 Å². The van der Waals surface area contributed by atoms with E-state index < -0.39 is 6.10 Å². The van der Waals surface area contributed by atoms with Crippen LogP contribution in [0.5, 0.6) is 0 Å². The number of halogens is 2. The maximum absolute atomic E-state index is 13.2. The highest BCUT2D eigenvalue weighted by Crippen LogP contribution is 2.22. The molecule has 1 aromatic carbocycles. The van der Waals surface area contributed by atoms with Crippen LogP contribution >= 0.6 is 15.9 Å². The highest BCUT2D eigenvalue weighted by atomic mass is 79.9. The van der Waals surface area contributed by atoms with E-state index in [1.54, 1.807) is 24.0 Å². The highest BCUT2D eigenvalue weighted by Gasteiger charge is 2.29. The lowest BCUT2D eigenvalue weighted by atomic mass is 9.97. The topological polar surface area (TPSA) is 40.5 Å². The van der Waals surface area contributed by atoms with Crippen molar-refractivity contribution in [2.45, 2.75) is 44.8 Å². The molecule has 1 amide bonds. The average Bonchev–Trinajstić information content (AvgIpc) is 2.43. The van der Waals surface area contributed by atoms with E-state index in [9.17, 15) is 14.3 Å². The fraction of sp³-hybridized carbons (Fsp3) is 0.533. The molecule has 2 atom stereocenters. The van der Waals surface area contributed by atoms with Crippen LogP contribution in [0.25, 0.3) is 0 Å². The normalized spacial score (nSPS) is 20.8. The van der Waals surface area contributed by atoms with Gasteiger partial charge in [-0.25, -0.2) is 4.39 Å². The Morgan fingerprint density at radius 2 is 2.30 bits per heavy atom. The summed E-state index contributed by atoms with van der Waals surface area (Å²) in [5.41, 5.74) is 0.776. The number of rotatable bonds is 3. The maximum atomic E-state index is 13.2. The van der Waals surface area contributed by atoms with Crippen molar-refractivity contribution >= 4 is 21.8 Å². The van der Waals surface area contributed by atoms with Crippen molar-refractivity contribution in [1.82, 2.24) is 4.90 Å². The van der Waals surface area contributed by atoms with Gasteiger partial charge in [-0.2, -0.15) is 0 Å². The molecular formula is C15H19BrFNO2. The molecule has 0 bridgehead atoms. The number of aliphatic hydroxyl groups is 1. The van der Waals surface area contributed by atoms with E-state index in [-0.39, 0.29) is 24.2 Å². The Bertz CT molecular complexity index is 493. The first-order valence-corrected chi connectivity index (χ1v) is 7.70. The van der Waals surface area contributed by atoms with Crippen molar-refractivity contribution < 1.29 is 14.3 Å². The molecule has 2 rings (SSSR count). The van der Waals surface area contributed by atoms with E-state index in [0.717, 1.165) is 24.8 Å². The lowest BCUT2D eigenvalue weighted by Gasteiger charge is -2.37. The van der Waals surface area contributed by atoms with Gasteiger partial charge in [0.1, 0.15) is 5.82 Å². The van der Waals surface area contributed by atoms with E-state index >= 15 is 0 Å². The molecule has 1 N–H and O–H groups in total. The summed E-state index contributed by atoms with van der Waals surface area (Å²) in [7, 11) is 0. The predicted octanol–water partition coefficient (Wildman–Crippen LogP) is 2.89. The van der Waals surface area contributed by atoms with E-state index in [0.29, 0.717) is 11.0 Å². The minimum atomic E-state index is -0.515. The van der Waals surface area contributed by atoms with Crippen molar-refractivity contribution in [3.05, 3.63) is 34.1 Å². The fourth-order valence-electron chi connectivity index (χ4n) is 2.69. The molecule has 5 heteroatoms. The smallest absolute Gasteiger partial charge is 0.227 e. The largest absolute Gasteiger partial charge is 0.391 e. The molecule has 1 aliphatic rings. The summed E-state index contributed by atoms with van der Waals surface area (Å²) in [5.74, 6) is -0.338. The van der Waals surface area contributed by atoms with Gasteiger partial charge in [0.05, 0.1) is 23.0 Å². The van der Waals surface area contributed by atoms with Gasteiger partial charge in [0.2, 0.25) is 5.91 Å². The van der Waals surface area contributed by atoms with Gasteiger partial charge in [0.25, 0.3) is 0 Å². The minimum Gasteiger partial charge on any atom is -0.391 e. The molecule has 2 unspecified atom stereocenters. The first-order valence-electron chi connectivity index (χ1n) is 6.90. The first kappa shape index (κ1) is 15.4. The molecule has 20 heavy (non-hydrogen) atoms. The summed E-state index contributed by atoms with van der Waals surface area (Å²) in [4.78, 5) is 14.2. The van der Waals surface area contributed by atoms with Gasteiger partial charge in [-0.3, -0.25) is 4.79 Å². The third-order valence-electron chi connectivity index (χ3n) is 3.77. The molecule has 1 heterocycles. The van der Waals surface area contributed by atoms with Crippen LogP contribution < -0.4 is 0 Å². The van der Waals surface area contributed by atoms with Crippen molar-refractivity contribution in [3.8, 4) is 0 Å². The summed E-state index contributed by atoms with van der Waals surface area (Å²) in [6.45, 7) is 2.42. The summed E-state index contributed by atoms with van der Waals surface area (Å²) >= 11 is 3.13. The summed E-state index contributed by atoms with van der Waals surface area (Å²) in [5, 5.41) is 9.79. The molecule has 0 radical (unpaired) electrons. The molecular weight excluding hydrogens is 325 g/mol. The van der Waals surface area contributed by atoms with E-state index in [4.69, 9.17) is 0 Å². The lowest BCUT2D eigenvalue weighted by molar-refractivity contribution is -0.136. The Labute approximate surface area is 126 Å². The van der Waals surface area contributed by atoms with E-state index in [1.807, 2.05) is 0 Å². The van der Waals surface area contributed by atoms with Gasteiger partial charge in [-0.15, -0.1) is 0 Å². The van der Waals surface area contributed by atoms with Gasteiger partial charge in [0.15, 0.2) is 0 Å². The van der Waals surface area contributed by atoms with Crippen LogP contribution in [0.4, 0.5) is 4.39 Å². The Balaban J connectivity index is 2.07. The third-order valence-corrected chi connectivity index (χ3v) is 4.37. The monoisotopic (exact) mass is 343 g/mol. The number of aliphatic hydroxyl groups excluding tert-OH is 1. The zero-order valence-electron chi connectivity index (χ0n) is 11.5. The van der Waals surface area contributed by atoms with Crippen LogP contribution in [0.1, 0.15) is 31.7 Å². The first-order chi connectivity index (χ1) is 9.49. The standard InChI is InChI=1S/C15H19BrFNO2/c1-10(19)14-4-2-3-7-18(14)15(20)9-11-5-6-13(17)12(16)8-11/h5-6,8,10,14,19H,2-4,7,9H2,1H3. The number of benzene rings is 1. The molecule has 0 aliphatic carbocycles. The Morgan fingerprint density at radius 1 is 1.55 bits per heavy atom. The number of hydrogen-bond donors (Lipinski definition) is 1. The van der Waals surface area contributed by atoms with Gasteiger partial charge in [0, 0.05) is 6.54 Å². The molecule has 1 saturated heterocycles. The van der Waals surface area contributed by atoms with Crippen LogP contribution in [-0.2, 0) is 11.2 Å². The lowest BCUT2D eigenvalue weighted by Crippen LogP contribution is -2.49. The highest BCUT2D eigenvalue weighted by molar-refractivity contribution is 9.10. The summed E-state index contributed by atoms with van der Waals surface area (Å²) in [6.07, 6.45) is 2.58. The molecule has 0 aromatic heterocycles. The zero-order valence-corrected chi connectivity index (χ0v) is 13.1. The van der Waals surface area contributed by atoms with E-state index in [1.165, 1.54) is 6.07 Å². The molecule has 1 aliphatic heterocycles. The summed E-state index contributed by atoms with van der Waals surface area (Å²) < 4.78 is 13.6. The molecule has 0 spiro atoms. The molecule has 1 fully saturated rings. The predicted molar refractivity (Wildman–Crippen MR) is 78.8 cm³/mol. The molecule has 110 valence electrons. The third kappa shape index (κ3) is 3.58. The van der Waals surface area contributed by atoms with Crippen molar-refractivity contribution in [2.75, 3.05) is 6.54 Å². The van der Waals surface area contributed by atoms with Crippen LogP contribution in [0.15, 0.2) is 22.7 Å². The van der Waals surface area contributed by atoms with E-state index in [2.05, 4.69) is 15.9 Å². The van der Waals surface area contributed by atoms with Crippen molar-refractivity contribution in [2.24, 2.45) is 0 Å². The minimum absolute atomic E-state index is 0.00546.